The fourth-order valence-electron chi connectivity index (χ4n) is 2.84. The Labute approximate surface area is 117 Å². The average molecular weight is 310 g/mol. The van der Waals surface area contributed by atoms with E-state index in [0.29, 0.717) is 5.78 Å². The number of hydrogen-bond donors (Lipinski definition) is 1. The Kier molecular flexibility index (Phi) is 4.23. The molecule has 2 rings (SSSR count). The predicted octanol–water partition coefficient (Wildman–Crippen LogP) is 3.72. The Morgan fingerprint density at radius 1 is 1.50 bits per heavy atom. The van der Waals surface area contributed by atoms with Gasteiger partial charge in [0.2, 0.25) is 0 Å². The number of carbonyl (C=O) groups is 1. The van der Waals surface area contributed by atoms with Gasteiger partial charge in [0, 0.05) is 22.0 Å². The molecule has 1 aliphatic heterocycles. The molecule has 0 bridgehead atoms. The van der Waals surface area contributed by atoms with Crippen LogP contribution in [0.5, 0.6) is 0 Å². The van der Waals surface area contributed by atoms with Crippen LogP contribution in [0.15, 0.2) is 22.7 Å². The molecular formula is C15H20BrNO. The van der Waals surface area contributed by atoms with Crippen molar-refractivity contribution in [3.63, 3.8) is 0 Å². The highest BCUT2D eigenvalue weighted by Crippen LogP contribution is 2.35. The summed E-state index contributed by atoms with van der Waals surface area (Å²) in [5, 5.41) is 3.34. The van der Waals surface area contributed by atoms with Crippen LogP contribution < -0.4 is 5.32 Å². The number of carbonyl (C=O) groups excluding carboxylic acids is 1. The maximum absolute atomic E-state index is 12.8. The number of nitrogens with one attached hydrogen (secondary N) is 1. The summed E-state index contributed by atoms with van der Waals surface area (Å²) in [6.07, 6.45) is 3.01. The van der Waals surface area contributed by atoms with Gasteiger partial charge in [-0.25, -0.2) is 0 Å². The zero-order valence-electron chi connectivity index (χ0n) is 11.1. The second kappa shape index (κ2) is 5.54. The number of aryl methyl sites for hydroxylation is 1. The van der Waals surface area contributed by atoms with Crippen molar-refractivity contribution in [2.75, 3.05) is 13.1 Å². The van der Waals surface area contributed by atoms with Gasteiger partial charge in [-0.05, 0) is 44.0 Å². The van der Waals surface area contributed by atoms with Crippen LogP contribution in [0, 0.1) is 12.3 Å². The first-order valence-electron chi connectivity index (χ1n) is 6.61. The number of Topliss-reactive ketones (excluding diaryl/α,β-unsaturated/α-hetero) is 1. The average Bonchev–Trinajstić information content (AvgIpc) is 2.82. The van der Waals surface area contributed by atoms with Crippen LogP contribution in [0.25, 0.3) is 0 Å². The van der Waals surface area contributed by atoms with Crippen LogP contribution in [-0.2, 0) is 0 Å². The van der Waals surface area contributed by atoms with Gasteiger partial charge in [-0.15, -0.1) is 0 Å². The molecule has 1 heterocycles. The van der Waals surface area contributed by atoms with Crippen molar-refractivity contribution in [3.8, 4) is 0 Å². The van der Waals surface area contributed by atoms with Gasteiger partial charge in [-0.2, -0.15) is 0 Å². The van der Waals surface area contributed by atoms with Gasteiger partial charge in [-0.3, -0.25) is 4.79 Å². The molecule has 0 aliphatic carbocycles. The zero-order chi connectivity index (χ0) is 13.2. The van der Waals surface area contributed by atoms with E-state index in [0.717, 1.165) is 48.0 Å². The topological polar surface area (TPSA) is 29.1 Å². The van der Waals surface area contributed by atoms with Crippen molar-refractivity contribution in [1.82, 2.24) is 5.32 Å². The largest absolute Gasteiger partial charge is 0.316 e. The predicted molar refractivity (Wildman–Crippen MR) is 78.0 cm³/mol. The summed E-state index contributed by atoms with van der Waals surface area (Å²) in [5.74, 6) is 0.310. The summed E-state index contributed by atoms with van der Waals surface area (Å²) in [6, 6.07) is 5.92. The van der Waals surface area contributed by atoms with Gasteiger partial charge in [-0.1, -0.05) is 35.3 Å². The van der Waals surface area contributed by atoms with Crippen LogP contribution >= 0.6 is 15.9 Å². The lowest BCUT2D eigenvalue weighted by atomic mass is 9.76. The maximum atomic E-state index is 12.8. The van der Waals surface area contributed by atoms with Crippen LogP contribution in [0.4, 0.5) is 0 Å². The lowest BCUT2D eigenvalue weighted by molar-refractivity contribution is 0.0801. The SMILES string of the molecule is CCCC1(C(=O)c2ccc(Br)c(C)c2)CCNC1. The van der Waals surface area contributed by atoms with Crippen molar-refractivity contribution in [2.45, 2.75) is 33.1 Å². The number of ketones is 1. The van der Waals surface area contributed by atoms with E-state index in [1.165, 1.54) is 0 Å². The molecule has 18 heavy (non-hydrogen) atoms. The maximum Gasteiger partial charge on any atom is 0.170 e. The van der Waals surface area contributed by atoms with E-state index >= 15 is 0 Å². The molecule has 0 amide bonds. The molecule has 2 nitrogen and oxygen atoms in total. The molecule has 98 valence electrons. The fraction of sp³-hybridized carbons (Fsp3) is 0.533. The van der Waals surface area contributed by atoms with Gasteiger partial charge < -0.3 is 5.32 Å². The second-order valence-corrected chi connectivity index (χ2v) is 6.10. The van der Waals surface area contributed by atoms with E-state index < -0.39 is 0 Å². The summed E-state index contributed by atoms with van der Waals surface area (Å²) < 4.78 is 1.06. The molecule has 1 aliphatic rings. The molecular weight excluding hydrogens is 290 g/mol. The Hall–Kier alpha value is -0.670. The molecule has 0 spiro atoms. The van der Waals surface area contributed by atoms with Gasteiger partial charge in [0.25, 0.3) is 0 Å². The van der Waals surface area contributed by atoms with Crippen molar-refractivity contribution < 1.29 is 4.79 Å². The normalized spacial score (nSPS) is 23.3. The molecule has 1 atom stereocenters. The minimum absolute atomic E-state index is 0.172. The van der Waals surface area contributed by atoms with Crippen molar-refractivity contribution in [2.24, 2.45) is 5.41 Å². The van der Waals surface area contributed by atoms with Crippen LogP contribution in [0.2, 0.25) is 0 Å². The Morgan fingerprint density at radius 2 is 2.28 bits per heavy atom. The second-order valence-electron chi connectivity index (χ2n) is 5.25. The lowest BCUT2D eigenvalue weighted by Crippen LogP contribution is -2.33. The first-order valence-corrected chi connectivity index (χ1v) is 7.40. The first kappa shape index (κ1) is 13.8. The molecule has 1 aromatic carbocycles. The highest BCUT2D eigenvalue weighted by Gasteiger charge is 2.40. The first-order chi connectivity index (χ1) is 8.59. The van der Waals surface area contributed by atoms with Gasteiger partial charge >= 0.3 is 0 Å². The Bertz CT molecular complexity index is 450. The van der Waals surface area contributed by atoms with Crippen LogP contribution in [0.1, 0.15) is 42.1 Å². The highest BCUT2D eigenvalue weighted by molar-refractivity contribution is 9.10. The minimum atomic E-state index is -0.172. The van der Waals surface area contributed by atoms with Crippen molar-refractivity contribution in [3.05, 3.63) is 33.8 Å². The third-order valence-corrected chi connectivity index (χ3v) is 4.76. The third kappa shape index (κ3) is 2.52. The molecule has 1 aromatic rings. The Balaban J connectivity index is 2.30. The zero-order valence-corrected chi connectivity index (χ0v) is 12.6. The van der Waals surface area contributed by atoms with E-state index in [4.69, 9.17) is 0 Å². The standard InChI is InChI=1S/C15H20BrNO/c1-3-6-15(7-8-17-10-15)14(18)12-4-5-13(16)11(2)9-12/h4-5,9,17H,3,6-8,10H2,1-2H3. The summed E-state index contributed by atoms with van der Waals surface area (Å²) in [4.78, 5) is 12.8. The molecule has 1 fully saturated rings. The summed E-state index contributed by atoms with van der Waals surface area (Å²) in [7, 11) is 0. The van der Waals surface area contributed by atoms with E-state index in [9.17, 15) is 4.79 Å². The van der Waals surface area contributed by atoms with Gasteiger partial charge in [0.05, 0.1) is 0 Å². The third-order valence-electron chi connectivity index (χ3n) is 3.87. The molecule has 3 heteroatoms. The quantitative estimate of drug-likeness (QED) is 0.859. The summed E-state index contributed by atoms with van der Waals surface area (Å²) in [6.45, 7) is 5.97. The lowest BCUT2D eigenvalue weighted by Gasteiger charge is -2.26. The number of rotatable bonds is 4. The van der Waals surface area contributed by atoms with Crippen LogP contribution in [0.3, 0.4) is 0 Å². The molecule has 1 saturated heterocycles. The van der Waals surface area contributed by atoms with Gasteiger partial charge in [0.15, 0.2) is 5.78 Å². The number of halogens is 1. The minimum Gasteiger partial charge on any atom is -0.316 e. The summed E-state index contributed by atoms with van der Waals surface area (Å²) in [5.41, 5.74) is 1.81. The Morgan fingerprint density at radius 3 is 2.83 bits per heavy atom. The van der Waals surface area contributed by atoms with Crippen molar-refractivity contribution in [1.29, 1.82) is 0 Å². The van der Waals surface area contributed by atoms with Gasteiger partial charge in [0.1, 0.15) is 0 Å². The molecule has 1 N–H and O–H groups in total. The monoisotopic (exact) mass is 309 g/mol. The van der Waals surface area contributed by atoms with E-state index in [2.05, 4.69) is 28.2 Å². The summed E-state index contributed by atoms with van der Waals surface area (Å²) >= 11 is 3.48. The molecule has 1 unspecified atom stereocenters. The highest BCUT2D eigenvalue weighted by atomic mass is 79.9. The molecule has 0 radical (unpaired) electrons. The van der Waals surface area contributed by atoms with Crippen molar-refractivity contribution >= 4 is 21.7 Å². The van der Waals surface area contributed by atoms with Crippen LogP contribution in [-0.4, -0.2) is 18.9 Å². The van der Waals surface area contributed by atoms with E-state index in [1.807, 2.05) is 25.1 Å². The van der Waals surface area contributed by atoms with E-state index in [-0.39, 0.29) is 5.41 Å². The smallest absolute Gasteiger partial charge is 0.170 e. The fourth-order valence-corrected chi connectivity index (χ4v) is 3.08. The van der Waals surface area contributed by atoms with E-state index in [1.54, 1.807) is 0 Å². The molecule has 0 saturated carbocycles. The number of benzene rings is 1. The molecule has 0 aromatic heterocycles. The number of hydrogen-bond acceptors (Lipinski definition) is 2.